The molecule has 1 heterocycles. The highest BCUT2D eigenvalue weighted by molar-refractivity contribution is 7.90. The topological polar surface area (TPSA) is 49.4 Å². The summed E-state index contributed by atoms with van der Waals surface area (Å²) < 4.78 is 22.5. The van der Waals surface area contributed by atoms with Crippen molar-refractivity contribution in [3.63, 3.8) is 0 Å². The molecule has 1 aliphatic heterocycles. The van der Waals surface area contributed by atoms with Crippen LogP contribution in [0.4, 0.5) is 5.69 Å². The van der Waals surface area contributed by atoms with Crippen molar-refractivity contribution in [3.05, 3.63) is 30.3 Å². The molecule has 1 aromatic carbocycles. The van der Waals surface area contributed by atoms with Gasteiger partial charge >= 0.3 is 0 Å². The molecule has 0 unspecified atom stereocenters. The van der Waals surface area contributed by atoms with Crippen molar-refractivity contribution in [2.24, 2.45) is 5.92 Å². The molecule has 106 valence electrons. The van der Waals surface area contributed by atoms with Crippen LogP contribution < -0.4 is 5.32 Å². The van der Waals surface area contributed by atoms with Crippen molar-refractivity contribution in [2.45, 2.75) is 12.8 Å². The first-order chi connectivity index (χ1) is 9.03. The first kappa shape index (κ1) is 14.3. The number of para-hydroxylation sites is 1. The Morgan fingerprint density at radius 1 is 1.21 bits per heavy atom. The second-order valence-electron chi connectivity index (χ2n) is 5.35. The molecule has 2 rings (SSSR count). The van der Waals surface area contributed by atoms with Crippen molar-refractivity contribution in [2.75, 3.05) is 37.1 Å². The maximum Gasteiger partial charge on any atom is 0.147 e. The zero-order chi connectivity index (χ0) is 13.7. The molecule has 0 spiro atoms. The standard InChI is InChI=1S/C14H22N2O2S/c1-19(17,18)11-13-7-9-16(10-8-13)12-15-14-5-3-2-4-6-14/h2-6,13,15H,7-12H2,1H3. The molecule has 4 nitrogen and oxygen atoms in total. The van der Waals surface area contributed by atoms with Crippen LogP contribution in [0.2, 0.25) is 0 Å². The molecule has 1 saturated heterocycles. The van der Waals surface area contributed by atoms with E-state index in [9.17, 15) is 8.42 Å². The van der Waals surface area contributed by atoms with Gasteiger partial charge in [-0.25, -0.2) is 8.42 Å². The minimum atomic E-state index is -2.83. The van der Waals surface area contributed by atoms with Crippen LogP contribution in [0.5, 0.6) is 0 Å². The lowest BCUT2D eigenvalue weighted by Gasteiger charge is -2.31. The zero-order valence-electron chi connectivity index (χ0n) is 11.4. The van der Waals surface area contributed by atoms with E-state index in [1.165, 1.54) is 6.26 Å². The highest BCUT2D eigenvalue weighted by atomic mass is 32.2. The fourth-order valence-corrected chi connectivity index (χ4v) is 3.69. The monoisotopic (exact) mass is 282 g/mol. The van der Waals surface area contributed by atoms with Gasteiger partial charge in [0.25, 0.3) is 0 Å². The molecular weight excluding hydrogens is 260 g/mol. The van der Waals surface area contributed by atoms with Crippen molar-refractivity contribution in [1.82, 2.24) is 4.90 Å². The van der Waals surface area contributed by atoms with Crippen LogP contribution in [-0.4, -0.2) is 45.1 Å². The van der Waals surface area contributed by atoms with Crippen molar-refractivity contribution in [1.29, 1.82) is 0 Å². The van der Waals surface area contributed by atoms with Crippen molar-refractivity contribution < 1.29 is 8.42 Å². The Kier molecular flexibility index (Phi) is 4.82. The number of nitrogens with zero attached hydrogens (tertiary/aromatic N) is 1. The maximum atomic E-state index is 11.3. The first-order valence-electron chi connectivity index (χ1n) is 6.72. The average molecular weight is 282 g/mol. The summed E-state index contributed by atoms with van der Waals surface area (Å²) in [5, 5.41) is 3.39. The Balaban J connectivity index is 1.72. The molecule has 1 N–H and O–H groups in total. The quantitative estimate of drug-likeness (QED) is 0.895. The molecule has 0 amide bonds. The highest BCUT2D eigenvalue weighted by Crippen LogP contribution is 2.18. The zero-order valence-corrected chi connectivity index (χ0v) is 12.2. The number of sulfone groups is 1. The van der Waals surface area contributed by atoms with Crippen LogP contribution >= 0.6 is 0 Å². The summed E-state index contributed by atoms with van der Waals surface area (Å²) in [6.07, 6.45) is 3.28. The number of hydrogen-bond acceptors (Lipinski definition) is 4. The number of likely N-dealkylation sites (tertiary alicyclic amines) is 1. The number of anilines is 1. The van der Waals surface area contributed by atoms with Crippen LogP contribution in [0.3, 0.4) is 0 Å². The van der Waals surface area contributed by atoms with E-state index < -0.39 is 9.84 Å². The molecular formula is C14H22N2O2S. The summed E-state index contributed by atoms with van der Waals surface area (Å²) in [5.74, 6) is 0.676. The Hall–Kier alpha value is -1.07. The van der Waals surface area contributed by atoms with E-state index in [4.69, 9.17) is 0 Å². The third kappa shape index (κ3) is 5.20. The molecule has 0 atom stereocenters. The number of benzene rings is 1. The largest absolute Gasteiger partial charge is 0.372 e. The van der Waals surface area contributed by atoms with Gasteiger partial charge in [0.2, 0.25) is 0 Å². The molecule has 19 heavy (non-hydrogen) atoms. The third-order valence-corrected chi connectivity index (χ3v) is 4.60. The predicted octanol–water partition coefficient (Wildman–Crippen LogP) is 1.81. The van der Waals surface area contributed by atoms with Gasteiger partial charge in [-0.2, -0.15) is 0 Å². The summed E-state index contributed by atoms with van der Waals surface area (Å²) in [6.45, 7) is 2.77. The Morgan fingerprint density at radius 2 is 1.84 bits per heavy atom. The van der Waals surface area contributed by atoms with E-state index in [0.29, 0.717) is 11.7 Å². The van der Waals surface area contributed by atoms with Crippen LogP contribution in [-0.2, 0) is 9.84 Å². The molecule has 0 aromatic heterocycles. The van der Waals surface area contributed by atoms with Gasteiger partial charge < -0.3 is 5.32 Å². The Morgan fingerprint density at radius 3 is 2.42 bits per heavy atom. The van der Waals surface area contributed by atoms with Gasteiger partial charge in [0, 0.05) is 25.0 Å². The molecule has 0 saturated carbocycles. The lowest BCUT2D eigenvalue weighted by Crippen LogP contribution is -2.38. The van der Waals surface area contributed by atoms with Crippen LogP contribution in [0.15, 0.2) is 30.3 Å². The van der Waals surface area contributed by atoms with Gasteiger partial charge in [-0.1, -0.05) is 18.2 Å². The molecule has 0 radical (unpaired) electrons. The van der Waals surface area contributed by atoms with Crippen LogP contribution in [0.25, 0.3) is 0 Å². The highest BCUT2D eigenvalue weighted by Gasteiger charge is 2.21. The van der Waals surface area contributed by atoms with Crippen LogP contribution in [0.1, 0.15) is 12.8 Å². The molecule has 1 fully saturated rings. The molecule has 5 heteroatoms. The fourth-order valence-electron chi connectivity index (χ4n) is 2.50. The minimum Gasteiger partial charge on any atom is -0.372 e. The van der Waals surface area contributed by atoms with Gasteiger partial charge in [0.1, 0.15) is 9.84 Å². The van der Waals surface area contributed by atoms with E-state index in [0.717, 1.165) is 38.3 Å². The lowest BCUT2D eigenvalue weighted by atomic mass is 9.99. The fraction of sp³-hybridized carbons (Fsp3) is 0.571. The Labute approximate surface area is 115 Å². The molecule has 0 aliphatic carbocycles. The summed E-state index contributed by atoms with van der Waals surface area (Å²) in [5.41, 5.74) is 1.13. The average Bonchev–Trinajstić information content (AvgIpc) is 2.37. The second-order valence-corrected chi connectivity index (χ2v) is 7.54. The van der Waals surface area contributed by atoms with E-state index in [2.05, 4.69) is 22.3 Å². The van der Waals surface area contributed by atoms with Crippen molar-refractivity contribution >= 4 is 15.5 Å². The number of piperidine rings is 1. The smallest absolute Gasteiger partial charge is 0.147 e. The van der Waals surface area contributed by atoms with Crippen LogP contribution in [0, 0.1) is 5.92 Å². The van der Waals surface area contributed by atoms with Crippen molar-refractivity contribution in [3.8, 4) is 0 Å². The Bertz CT molecular complexity index is 479. The van der Waals surface area contributed by atoms with Gasteiger partial charge in [0.05, 0.1) is 12.4 Å². The van der Waals surface area contributed by atoms with E-state index >= 15 is 0 Å². The second kappa shape index (κ2) is 6.39. The summed E-state index contributed by atoms with van der Waals surface area (Å²) >= 11 is 0. The molecule has 1 aromatic rings. The van der Waals surface area contributed by atoms with Gasteiger partial charge in [-0.3, -0.25) is 4.90 Å². The third-order valence-electron chi connectivity index (χ3n) is 3.53. The number of nitrogens with one attached hydrogen (secondary N) is 1. The van der Waals surface area contributed by atoms with E-state index in [1.54, 1.807) is 0 Å². The normalized spacial score (nSPS) is 18.4. The van der Waals surface area contributed by atoms with Gasteiger partial charge in [-0.15, -0.1) is 0 Å². The molecule has 1 aliphatic rings. The molecule has 0 bridgehead atoms. The number of rotatable bonds is 5. The lowest BCUT2D eigenvalue weighted by molar-refractivity contribution is 0.205. The maximum absolute atomic E-state index is 11.3. The summed E-state index contributed by atoms with van der Waals surface area (Å²) in [7, 11) is -2.83. The van der Waals surface area contributed by atoms with Gasteiger partial charge in [-0.05, 0) is 30.9 Å². The first-order valence-corrected chi connectivity index (χ1v) is 8.78. The van der Waals surface area contributed by atoms with Gasteiger partial charge in [0.15, 0.2) is 0 Å². The predicted molar refractivity (Wildman–Crippen MR) is 78.9 cm³/mol. The minimum absolute atomic E-state index is 0.336. The summed E-state index contributed by atoms with van der Waals surface area (Å²) in [4.78, 5) is 2.34. The van der Waals surface area contributed by atoms with E-state index in [-0.39, 0.29) is 0 Å². The summed E-state index contributed by atoms with van der Waals surface area (Å²) in [6, 6.07) is 10.1. The van der Waals surface area contributed by atoms with E-state index in [1.807, 2.05) is 18.2 Å². The SMILES string of the molecule is CS(=O)(=O)CC1CCN(CNc2ccccc2)CC1. The number of hydrogen-bond donors (Lipinski definition) is 1.